The highest BCUT2D eigenvalue weighted by Crippen LogP contribution is 2.65. The van der Waals surface area contributed by atoms with E-state index in [-0.39, 0.29) is 35.1 Å². The van der Waals surface area contributed by atoms with E-state index in [9.17, 15) is 14.4 Å². The molecule has 0 aliphatic heterocycles. The predicted octanol–water partition coefficient (Wildman–Crippen LogP) is 4.17. The summed E-state index contributed by atoms with van der Waals surface area (Å²) in [4.78, 5) is 37.8. The van der Waals surface area contributed by atoms with Gasteiger partial charge >= 0.3 is 5.97 Å². The Bertz CT molecular complexity index is 868. The van der Waals surface area contributed by atoms with Crippen LogP contribution in [0.25, 0.3) is 0 Å². The standard InChI is InChI=1S/C26H36O6/c1-6-21(28)32-20-14-15-13-16(27)9-11-25(15,2)18-10-12-26(3)17(22(18)20)7-8-19(26)23(29)24(30-4)31-5/h7-8,15,18,20,22,24H,6,9-14H2,1-5H3/t15?,18-,20+,22-,25-,26-/m0/s1. The van der Waals surface area contributed by atoms with Gasteiger partial charge in [-0.3, -0.25) is 14.4 Å². The molecule has 4 aliphatic rings. The fourth-order valence-corrected chi connectivity index (χ4v) is 7.15. The highest BCUT2D eigenvalue weighted by atomic mass is 16.7. The van der Waals surface area contributed by atoms with Gasteiger partial charge in [-0.15, -0.1) is 0 Å². The number of ether oxygens (including phenoxy) is 3. The molecule has 0 saturated heterocycles. The van der Waals surface area contributed by atoms with E-state index in [0.29, 0.717) is 43.0 Å². The van der Waals surface area contributed by atoms with Gasteiger partial charge in [-0.05, 0) is 42.9 Å². The van der Waals surface area contributed by atoms with E-state index in [2.05, 4.69) is 19.9 Å². The summed E-state index contributed by atoms with van der Waals surface area (Å²) in [6, 6.07) is 0. The Morgan fingerprint density at radius 1 is 1.16 bits per heavy atom. The molecule has 0 bridgehead atoms. The van der Waals surface area contributed by atoms with Crippen LogP contribution in [-0.2, 0) is 28.6 Å². The Balaban J connectivity index is 1.70. The summed E-state index contributed by atoms with van der Waals surface area (Å²) in [6.07, 6.45) is 7.77. The van der Waals surface area contributed by atoms with Gasteiger partial charge in [-0.2, -0.15) is 0 Å². The number of fused-ring (bicyclic) bond motifs is 5. The van der Waals surface area contributed by atoms with Gasteiger partial charge < -0.3 is 14.2 Å². The van der Waals surface area contributed by atoms with Gasteiger partial charge in [0.1, 0.15) is 11.9 Å². The predicted molar refractivity (Wildman–Crippen MR) is 119 cm³/mol. The van der Waals surface area contributed by atoms with Crippen molar-refractivity contribution >= 4 is 17.5 Å². The second-order valence-electron chi connectivity index (χ2n) is 10.4. The number of methoxy groups -OCH3 is 2. The zero-order valence-corrected chi connectivity index (χ0v) is 19.9. The summed E-state index contributed by atoms with van der Waals surface area (Å²) in [5.41, 5.74) is 1.53. The SMILES string of the molecule is CCC(=O)O[C@@H]1CC2CC(=O)CC[C@]2(C)[C@H]2CC[C@]3(C)C(C(=O)C(OC)OC)=CC=C3[C@H]12. The zero-order chi connectivity index (χ0) is 23.3. The molecule has 4 aliphatic carbocycles. The van der Waals surface area contributed by atoms with Crippen molar-refractivity contribution in [3.63, 3.8) is 0 Å². The van der Waals surface area contributed by atoms with Crippen molar-refractivity contribution in [3.8, 4) is 0 Å². The third-order valence-corrected chi connectivity index (χ3v) is 9.00. The summed E-state index contributed by atoms with van der Waals surface area (Å²) < 4.78 is 16.5. The van der Waals surface area contributed by atoms with Crippen molar-refractivity contribution in [2.45, 2.75) is 78.1 Å². The maximum atomic E-state index is 13.2. The van der Waals surface area contributed by atoms with Gasteiger partial charge in [0.2, 0.25) is 12.1 Å². The Morgan fingerprint density at radius 3 is 2.53 bits per heavy atom. The lowest BCUT2D eigenvalue weighted by atomic mass is 9.45. The van der Waals surface area contributed by atoms with E-state index in [4.69, 9.17) is 14.2 Å². The first-order valence-electron chi connectivity index (χ1n) is 11.9. The average Bonchev–Trinajstić information content (AvgIpc) is 3.12. The number of rotatable bonds is 6. The Kier molecular flexibility index (Phi) is 6.23. The molecule has 6 heteroatoms. The first kappa shape index (κ1) is 23.4. The third-order valence-electron chi connectivity index (χ3n) is 9.00. The molecule has 0 heterocycles. The van der Waals surface area contributed by atoms with Gasteiger partial charge in [0.15, 0.2) is 0 Å². The minimum atomic E-state index is -0.921. The van der Waals surface area contributed by atoms with Crippen LogP contribution >= 0.6 is 0 Å². The average molecular weight is 445 g/mol. The first-order valence-corrected chi connectivity index (χ1v) is 11.9. The molecule has 3 fully saturated rings. The Hall–Kier alpha value is -1.79. The third kappa shape index (κ3) is 3.50. The number of allylic oxidation sites excluding steroid dienone is 2. The van der Waals surface area contributed by atoms with Crippen LogP contribution in [0, 0.1) is 28.6 Å². The second kappa shape index (κ2) is 8.53. The highest BCUT2D eigenvalue weighted by molar-refractivity contribution is 6.01. The van der Waals surface area contributed by atoms with Crippen LogP contribution in [0.15, 0.2) is 23.3 Å². The van der Waals surface area contributed by atoms with Crippen LogP contribution < -0.4 is 0 Å². The van der Waals surface area contributed by atoms with Gasteiger partial charge in [0.05, 0.1) is 0 Å². The second-order valence-corrected chi connectivity index (χ2v) is 10.4. The van der Waals surface area contributed by atoms with Crippen LogP contribution in [0.1, 0.15) is 65.7 Å². The Morgan fingerprint density at radius 2 is 1.88 bits per heavy atom. The summed E-state index contributed by atoms with van der Waals surface area (Å²) in [5, 5.41) is 0. The van der Waals surface area contributed by atoms with Gasteiger partial charge in [-0.25, -0.2) is 0 Å². The van der Waals surface area contributed by atoms with E-state index in [1.165, 1.54) is 19.8 Å². The number of Topliss-reactive ketones (excluding diaryl/α,β-unsaturated/α-hetero) is 2. The normalized spacial score (nSPS) is 38.4. The lowest BCUT2D eigenvalue weighted by Gasteiger charge is -2.60. The van der Waals surface area contributed by atoms with Gasteiger partial charge in [0, 0.05) is 50.4 Å². The van der Waals surface area contributed by atoms with Crippen molar-refractivity contribution in [1.29, 1.82) is 0 Å². The molecule has 1 unspecified atom stereocenters. The molecular weight excluding hydrogens is 408 g/mol. The molecule has 0 amide bonds. The lowest BCUT2D eigenvalue weighted by molar-refractivity contribution is -0.169. The van der Waals surface area contributed by atoms with E-state index in [1.807, 2.05) is 13.0 Å². The van der Waals surface area contributed by atoms with E-state index in [1.54, 1.807) is 0 Å². The van der Waals surface area contributed by atoms with Crippen LogP contribution in [-0.4, -0.2) is 44.1 Å². The molecule has 0 radical (unpaired) electrons. The molecule has 0 aromatic rings. The van der Waals surface area contributed by atoms with Crippen molar-refractivity contribution in [3.05, 3.63) is 23.3 Å². The molecule has 6 atom stereocenters. The quantitative estimate of drug-likeness (QED) is 0.452. The molecule has 0 N–H and O–H groups in total. The van der Waals surface area contributed by atoms with Crippen LogP contribution in [0.3, 0.4) is 0 Å². The summed E-state index contributed by atoms with van der Waals surface area (Å²) in [6.45, 7) is 6.28. The molecule has 0 aromatic carbocycles. The van der Waals surface area contributed by atoms with Crippen LogP contribution in [0.5, 0.6) is 0 Å². The monoisotopic (exact) mass is 444 g/mol. The minimum Gasteiger partial charge on any atom is -0.462 e. The van der Waals surface area contributed by atoms with Crippen LogP contribution in [0.4, 0.5) is 0 Å². The molecule has 6 nitrogen and oxygen atoms in total. The van der Waals surface area contributed by atoms with E-state index in [0.717, 1.165) is 19.3 Å². The molecule has 0 spiro atoms. The fraction of sp³-hybridized carbons (Fsp3) is 0.731. The zero-order valence-electron chi connectivity index (χ0n) is 19.9. The smallest absolute Gasteiger partial charge is 0.305 e. The number of hydrogen-bond donors (Lipinski definition) is 0. The van der Waals surface area contributed by atoms with Crippen molar-refractivity contribution in [1.82, 2.24) is 0 Å². The number of carbonyl (C=O) groups excluding carboxylic acids is 3. The number of esters is 1. The molecule has 176 valence electrons. The Labute approximate surface area is 190 Å². The summed E-state index contributed by atoms with van der Waals surface area (Å²) in [5.74, 6) is 0.606. The van der Waals surface area contributed by atoms with E-state index >= 15 is 0 Å². The largest absolute Gasteiger partial charge is 0.462 e. The maximum Gasteiger partial charge on any atom is 0.305 e. The molecule has 32 heavy (non-hydrogen) atoms. The molecule has 3 saturated carbocycles. The van der Waals surface area contributed by atoms with Crippen LogP contribution in [0.2, 0.25) is 0 Å². The van der Waals surface area contributed by atoms with Crippen molar-refractivity contribution in [2.75, 3.05) is 14.2 Å². The van der Waals surface area contributed by atoms with Crippen molar-refractivity contribution in [2.24, 2.45) is 28.6 Å². The number of ketones is 2. The fourth-order valence-electron chi connectivity index (χ4n) is 7.15. The maximum absolute atomic E-state index is 13.2. The van der Waals surface area contributed by atoms with Gasteiger partial charge in [0.25, 0.3) is 0 Å². The molecule has 0 aromatic heterocycles. The van der Waals surface area contributed by atoms with Gasteiger partial charge in [-0.1, -0.05) is 38.5 Å². The number of hydrogen-bond acceptors (Lipinski definition) is 6. The summed E-state index contributed by atoms with van der Waals surface area (Å²) in [7, 11) is 2.95. The molecule has 4 rings (SSSR count). The van der Waals surface area contributed by atoms with Crippen molar-refractivity contribution < 1.29 is 28.6 Å². The first-order chi connectivity index (χ1) is 15.2. The lowest BCUT2D eigenvalue weighted by Crippen LogP contribution is -2.57. The summed E-state index contributed by atoms with van der Waals surface area (Å²) >= 11 is 0. The number of carbonyl (C=O) groups is 3. The molecular formula is C26H36O6. The minimum absolute atomic E-state index is 0.0459. The van der Waals surface area contributed by atoms with E-state index < -0.39 is 11.7 Å². The topological polar surface area (TPSA) is 78.9 Å². The highest BCUT2D eigenvalue weighted by Gasteiger charge is 2.61.